The first kappa shape index (κ1) is 14.3. The third-order valence-corrected chi connectivity index (χ3v) is 3.88. The molecule has 0 aliphatic heterocycles. The number of hydrogen-bond acceptors (Lipinski definition) is 1. The van der Waals surface area contributed by atoms with Crippen molar-refractivity contribution in [1.82, 2.24) is 4.98 Å². The highest BCUT2D eigenvalue weighted by Gasteiger charge is 2.13. The Kier molecular flexibility index (Phi) is 3.67. The summed E-state index contributed by atoms with van der Waals surface area (Å²) in [6, 6.07) is 12.3. The van der Waals surface area contributed by atoms with Crippen LogP contribution in [0.25, 0.3) is 10.9 Å². The number of aryl methyl sites for hydroxylation is 1. The molecule has 2 N–H and O–H groups in total. The van der Waals surface area contributed by atoms with E-state index in [1.807, 2.05) is 38.1 Å². The van der Waals surface area contributed by atoms with Crippen LogP contribution in [0.1, 0.15) is 28.5 Å². The first-order valence-corrected chi connectivity index (χ1v) is 7.26. The van der Waals surface area contributed by atoms with Crippen LogP contribution in [-0.4, -0.2) is 10.9 Å². The zero-order valence-electron chi connectivity index (χ0n) is 12.5. The number of fused-ring (bicyclic) bond motifs is 1. The Morgan fingerprint density at radius 1 is 1.23 bits per heavy atom. The quantitative estimate of drug-likeness (QED) is 0.738. The minimum Gasteiger partial charge on any atom is -0.351 e. The summed E-state index contributed by atoms with van der Waals surface area (Å²) >= 11 is 0. The van der Waals surface area contributed by atoms with Crippen molar-refractivity contribution in [2.75, 3.05) is 5.32 Å². The molecular weight excluding hydrogens is 279 g/mol. The lowest BCUT2D eigenvalue weighted by molar-refractivity contribution is 0.102. The Bertz CT molecular complexity index is 818. The van der Waals surface area contributed by atoms with Gasteiger partial charge in [-0.05, 0) is 48.7 Å². The molecule has 0 aliphatic rings. The van der Waals surface area contributed by atoms with Crippen LogP contribution in [0.15, 0.2) is 42.5 Å². The van der Waals surface area contributed by atoms with Crippen molar-refractivity contribution in [2.24, 2.45) is 0 Å². The molecule has 0 bridgehead atoms. The van der Waals surface area contributed by atoms with Crippen LogP contribution in [0.3, 0.4) is 0 Å². The van der Waals surface area contributed by atoms with E-state index in [0.717, 1.165) is 28.5 Å². The molecule has 1 aromatic heterocycles. The first-order valence-electron chi connectivity index (χ1n) is 7.26. The normalized spacial score (nSPS) is 10.9. The van der Waals surface area contributed by atoms with Gasteiger partial charge in [0.05, 0.1) is 0 Å². The molecule has 3 aromatic rings. The minimum atomic E-state index is -0.339. The van der Waals surface area contributed by atoms with Crippen LogP contribution in [0.5, 0.6) is 0 Å². The van der Waals surface area contributed by atoms with Crippen molar-refractivity contribution >= 4 is 22.5 Å². The van der Waals surface area contributed by atoms with Gasteiger partial charge in [0.25, 0.3) is 5.91 Å². The summed E-state index contributed by atoms with van der Waals surface area (Å²) < 4.78 is 13.7. The Hall–Kier alpha value is -2.62. The van der Waals surface area contributed by atoms with E-state index in [1.54, 1.807) is 6.07 Å². The number of hydrogen-bond donors (Lipinski definition) is 2. The number of anilines is 1. The predicted octanol–water partition coefficient (Wildman–Crippen LogP) is 4.43. The summed E-state index contributed by atoms with van der Waals surface area (Å²) in [4.78, 5) is 15.5. The number of nitrogens with one attached hydrogen (secondary N) is 2. The summed E-state index contributed by atoms with van der Waals surface area (Å²) in [5.74, 6) is -0.610. The number of H-pyrrole nitrogens is 1. The van der Waals surface area contributed by atoms with E-state index < -0.39 is 0 Å². The molecule has 1 heterocycles. The molecule has 0 spiro atoms. The van der Waals surface area contributed by atoms with E-state index in [4.69, 9.17) is 0 Å². The second-order valence-corrected chi connectivity index (χ2v) is 5.32. The second-order valence-electron chi connectivity index (χ2n) is 5.32. The Balaban J connectivity index is 1.92. The highest BCUT2D eigenvalue weighted by molar-refractivity contribution is 6.06. The molecule has 0 unspecified atom stereocenters. The number of aromatic nitrogens is 1. The van der Waals surface area contributed by atoms with Crippen LogP contribution in [0, 0.1) is 12.7 Å². The van der Waals surface area contributed by atoms with Gasteiger partial charge in [-0.3, -0.25) is 4.79 Å². The lowest BCUT2D eigenvalue weighted by atomic mass is 10.0. The lowest BCUT2D eigenvalue weighted by Gasteiger charge is -2.11. The van der Waals surface area contributed by atoms with Gasteiger partial charge in [0.2, 0.25) is 0 Å². The van der Waals surface area contributed by atoms with Crippen LogP contribution in [0.4, 0.5) is 10.1 Å². The average Bonchev–Trinajstić information content (AvgIpc) is 2.94. The van der Waals surface area contributed by atoms with Crippen LogP contribution >= 0.6 is 0 Å². The SMILES string of the molecule is CCc1cc(F)cc(NC(=O)c2cc3ccccc3[nH]2)c1C. The number of halogens is 1. The highest BCUT2D eigenvalue weighted by Crippen LogP contribution is 2.23. The molecule has 0 aliphatic carbocycles. The molecule has 22 heavy (non-hydrogen) atoms. The van der Waals surface area contributed by atoms with Crippen molar-refractivity contribution in [2.45, 2.75) is 20.3 Å². The molecule has 1 amide bonds. The maximum absolute atomic E-state index is 13.7. The largest absolute Gasteiger partial charge is 0.351 e. The van der Waals surface area contributed by atoms with E-state index in [-0.39, 0.29) is 11.7 Å². The van der Waals surface area contributed by atoms with E-state index in [0.29, 0.717) is 11.4 Å². The number of carbonyl (C=O) groups is 1. The fourth-order valence-electron chi connectivity index (χ4n) is 2.62. The zero-order chi connectivity index (χ0) is 15.7. The zero-order valence-corrected chi connectivity index (χ0v) is 12.5. The molecule has 0 radical (unpaired) electrons. The van der Waals surface area contributed by atoms with Gasteiger partial charge in [0.1, 0.15) is 11.5 Å². The summed E-state index contributed by atoms with van der Waals surface area (Å²) in [7, 11) is 0. The number of amides is 1. The van der Waals surface area contributed by atoms with Crippen molar-refractivity contribution in [1.29, 1.82) is 0 Å². The summed E-state index contributed by atoms with van der Waals surface area (Å²) in [5, 5.41) is 3.76. The standard InChI is InChI=1S/C18H17FN2O/c1-3-12-8-14(19)10-16(11(12)2)21-18(22)17-9-13-6-4-5-7-15(13)20-17/h4-10,20H,3H2,1-2H3,(H,21,22). The van der Waals surface area contributed by atoms with Gasteiger partial charge in [-0.15, -0.1) is 0 Å². The predicted molar refractivity (Wildman–Crippen MR) is 86.8 cm³/mol. The Morgan fingerprint density at radius 2 is 2.00 bits per heavy atom. The lowest BCUT2D eigenvalue weighted by Crippen LogP contribution is -2.14. The van der Waals surface area contributed by atoms with Crippen molar-refractivity contribution < 1.29 is 9.18 Å². The number of para-hydroxylation sites is 1. The molecule has 0 saturated carbocycles. The number of rotatable bonds is 3. The first-order chi connectivity index (χ1) is 10.6. The van der Waals surface area contributed by atoms with E-state index in [1.165, 1.54) is 12.1 Å². The Morgan fingerprint density at radius 3 is 2.73 bits per heavy atom. The molecular formula is C18H17FN2O. The van der Waals surface area contributed by atoms with Gasteiger partial charge in [-0.1, -0.05) is 25.1 Å². The third kappa shape index (κ3) is 2.60. The summed E-state index contributed by atoms with van der Waals surface area (Å²) in [6.07, 6.45) is 0.721. The highest BCUT2D eigenvalue weighted by atomic mass is 19.1. The van der Waals surface area contributed by atoms with Crippen LogP contribution in [-0.2, 0) is 6.42 Å². The van der Waals surface area contributed by atoms with E-state index in [9.17, 15) is 9.18 Å². The van der Waals surface area contributed by atoms with Crippen molar-refractivity contribution in [3.05, 3.63) is 65.1 Å². The van der Waals surface area contributed by atoms with Gasteiger partial charge in [-0.2, -0.15) is 0 Å². The Labute approximate surface area is 128 Å². The molecule has 2 aromatic carbocycles. The molecule has 0 atom stereocenters. The minimum absolute atomic E-state index is 0.271. The monoisotopic (exact) mass is 296 g/mol. The van der Waals surface area contributed by atoms with Crippen molar-refractivity contribution in [3.63, 3.8) is 0 Å². The van der Waals surface area contributed by atoms with Crippen LogP contribution < -0.4 is 5.32 Å². The topological polar surface area (TPSA) is 44.9 Å². The van der Waals surface area contributed by atoms with Gasteiger partial charge in [0, 0.05) is 16.6 Å². The van der Waals surface area contributed by atoms with E-state index >= 15 is 0 Å². The molecule has 3 rings (SSSR count). The second kappa shape index (κ2) is 5.64. The van der Waals surface area contributed by atoms with E-state index in [2.05, 4.69) is 10.3 Å². The smallest absolute Gasteiger partial charge is 0.272 e. The fraction of sp³-hybridized carbons (Fsp3) is 0.167. The fourth-order valence-corrected chi connectivity index (χ4v) is 2.62. The molecule has 0 fully saturated rings. The van der Waals surface area contributed by atoms with Crippen molar-refractivity contribution in [3.8, 4) is 0 Å². The number of aromatic amines is 1. The maximum Gasteiger partial charge on any atom is 0.272 e. The maximum atomic E-state index is 13.7. The summed E-state index contributed by atoms with van der Waals surface area (Å²) in [5.41, 5.74) is 3.67. The molecule has 0 saturated heterocycles. The van der Waals surface area contributed by atoms with Crippen LogP contribution in [0.2, 0.25) is 0 Å². The summed E-state index contributed by atoms with van der Waals surface area (Å²) in [6.45, 7) is 3.85. The molecule has 3 nitrogen and oxygen atoms in total. The van der Waals surface area contributed by atoms with Gasteiger partial charge in [0.15, 0.2) is 0 Å². The van der Waals surface area contributed by atoms with Gasteiger partial charge < -0.3 is 10.3 Å². The van der Waals surface area contributed by atoms with Gasteiger partial charge >= 0.3 is 0 Å². The molecule has 4 heteroatoms. The third-order valence-electron chi connectivity index (χ3n) is 3.88. The molecule has 112 valence electrons. The number of carbonyl (C=O) groups excluding carboxylic acids is 1. The van der Waals surface area contributed by atoms with Gasteiger partial charge in [-0.25, -0.2) is 4.39 Å². The average molecular weight is 296 g/mol. The number of benzene rings is 2.